The zero-order valence-corrected chi connectivity index (χ0v) is 13.8. The predicted octanol–water partition coefficient (Wildman–Crippen LogP) is 3.02. The van der Waals surface area contributed by atoms with E-state index in [9.17, 15) is 9.59 Å². The maximum absolute atomic E-state index is 12.4. The molecule has 0 unspecified atom stereocenters. The monoisotopic (exact) mass is 338 g/mol. The topological polar surface area (TPSA) is 83.5 Å². The molecule has 25 heavy (non-hydrogen) atoms. The van der Waals surface area contributed by atoms with E-state index in [4.69, 9.17) is 9.68 Å². The summed E-state index contributed by atoms with van der Waals surface area (Å²) in [5.41, 5.74) is 1.22. The van der Waals surface area contributed by atoms with E-state index in [1.54, 1.807) is 53.6 Å². The molecule has 2 rings (SSSR count). The van der Waals surface area contributed by atoms with Gasteiger partial charge >= 0.3 is 5.97 Å². The molecule has 0 aliphatic rings. The number of carbonyl (C=O) groups is 2. The molecule has 0 aliphatic carbocycles. The number of methoxy groups -OCH3 is 1. The zero-order valence-electron chi connectivity index (χ0n) is 13.8. The van der Waals surface area contributed by atoms with Gasteiger partial charge in [-0.05, 0) is 35.9 Å². The molecule has 0 spiro atoms. The number of esters is 1. The summed E-state index contributed by atoms with van der Waals surface area (Å²) in [6.07, 6.45) is 4.88. The van der Waals surface area contributed by atoms with Crippen molar-refractivity contribution >= 4 is 18.0 Å². The third kappa shape index (κ3) is 5.36. The van der Waals surface area contributed by atoms with E-state index in [1.807, 2.05) is 6.07 Å². The highest BCUT2D eigenvalue weighted by molar-refractivity contribution is 5.92. The summed E-state index contributed by atoms with van der Waals surface area (Å²) in [5, 5.41) is 8.75. The van der Waals surface area contributed by atoms with Crippen molar-refractivity contribution in [2.75, 3.05) is 13.7 Å². The molecule has 0 atom stereocenters. The lowest BCUT2D eigenvalue weighted by molar-refractivity contribution is -0.126. The van der Waals surface area contributed by atoms with E-state index in [1.165, 1.54) is 13.2 Å². The molecule has 128 valence electrons. The average molecular weight is 338 g/mol. The van der Waals surface area contributed by atoms with Gasteiger partial charge in [-0.3, -0.25) is 4.79 Å². The van der Waals surface area contributed by atoms with Gasteiger partial charge in [0.1, 0.15) is 5.76 Å². The summed E-state index contributed by atoms with van der Waals surface area (Å²) in [6.45, 7) is 0.626. The predicted molar refractivity (Wildman–Crippen MR) is 91.2 cm³/mol. The Balaban J connectivity index is 2.04. The zero-order chi connectivity index (χ0) is 18.1. The van der Waals surface area contributed by atoms with Gasteiger partial charge in [-0.25, -0.2) is 4.79 Å². The SMILES string of the molecule is COC(=O)c1ccc(/C=C\C(=O)N(CCC#N)Cc2ccco2)cc1. The Morgan fingerprint density at radius 2 is 2.04 bits per heavy atom. The summed E-state index contributed by atoms with van der Waals surface area (Å²) in [5.74, 6) is 0.0264. The van der Waals surface area contributed by atoms with Crippen LogP contribution in [0.2, 0.25) is 0 Å². The van der Waals surface area contributed by atoms with E-state index < -0.39 is 5.97 Å². The Labute approximate surface area is 145 Å². The Morgan fingerprint density at radius 3 is 2.64 bits per heavy atom. The first kappa shape index (κ1) is 18.0. The van der Waals surface area contributed by atoms with Gasteiger partial charge in [0.2, 0.25) is 5.91 Å². The number of ether oxygens (including phenoxy) is 1. The molecule has 0 aliphatic heterocycles. The molecule has 6 nitrogen and oxygen atoms in total. The van der Waals surface area contributed by atoms with Gasteiger partial charge in [-0.15, -0.1) is 0 Å². The summed E-state index contributed by atoms with van der Waals surface area (Å²) in [7, 11) is 1.32. The Morgan fingerprint density at radius 1 is 1.28 bits per heavy atom. The fourth-order valence-electron chi connectivity index (χ4n) is 2.16. The van der Waals surface area contributed by atoms with E-state index in [0.29, 0.717) is 24.4 Å². The molecule has 0 N–H and O–H groups in total. The summed E-state index contributed by atoms with van der Waals surface area (Å²) < 4.78 is 9.90. The van der Waals surface area contributed by atoms with Crippen LogP contribution in [-0.2, 0) is 16.1 Å². The molecule has 2 aromatic rings. The first-order valence-corrected chi connectivity index (χ1v) is 7.68. The Bertz CT molecular complexity index is 771. The molecule has 0 saturated heterocycles. The lowest BCUT2D eigenvalue weighted by Crippen LogP contribution is -2.29. The molecule has 0 saturated carbocycles. The second kappa shape index (κ2) is 9.08. The van der Waals surface area contributed by atoms with Crippen molar-refractivity contribution in [1.82, 2.24) is 4.90 Å². The van der Waals surface area contributed by atoms with Crippen LogP contribution >= 0.6 is 0 Å². The van der Waals surface area contributed by atoms with E-state index in [-0.39, 0.29) is 12.3 Å². The molecule has 0 bridgehead atoms. The molecule has 1 amide bonds. The van der Waals surface area contributed by atoms with Crippen molar-refractivity contribution < 1.29 is 18.7 Å². The fraction of sp³-hybridized carbons (Fsp3) is 0.211. The van der Waals surface area contributed by atoms with E-state index in [0.717, 1.165) is 5.56 Å². The third-order valence-electron chi connectivity index (χ3n) is 3.48. The van der Waals surface area contributed by atoms with E-state index in [2.05, 4.69) is 4.74 Å². The van der Waals surface area contributed by atoms with Gasteiger partial charge in [-0.2, -0.15) is 5.26 Å². The lowest BCUT2D eigenvalue weighted by atomic mass is 10.1. The molecule has 0 radical (unpaired) electrons. The first-order chi connectivity index (χ1) is 12.1. The Hall–Kier alpha value is -3.33. The van der Waals surface area contributed by atoms with Gasteiger partial charge in [0.05, 0.1) is 38.0 Å². The molecule has 1 aromatic carbocycles. The van der Waals surface area contributed by atoms with Crippen molar-refractivity contribution in [3.8, 4) is 6.07 Å². The number of amides is 1. The largest absolute Gasteiger partial charge is 0.467 e. The summed E-state index contributed by atoms with van der Waals surface area (Å²) in [6, 6.07) is 12.3. The van der Waals surface area contributed by atoms with Crippen LogP contribution in [-0.4, -0.2) is 30.4 Å². The lowest BCUT2D eigenvalue weighted by Gasteiger charge is -2.18. The van der Waals surface area contributed by atoms with Crippen molar-refractivity contribution in [3.05, 3.63) is 65.6 Å². The number of nitriles is 1. The summed E-state index contributed by atoms with van der Waals surface area (Å²) in [4.78, 5) is 25.3. The molecule has 1 aromatic heterocycles. The Kier molecular flexibility index (Phi) is 6.55. The highest BCUT2D eigenvalue weighted by atomic mass is 16.5. The minimum Gasteiger partial charge on any atom is -0.467 e. The van der Waals surface area contributed by atoms with Crippen LogP contribution in [0.5, 0.6) is 0 Å². The average Bonchev–Trinajstić information content (AvgIpc) is 3.16. The maximum Gasteiger partial charge on any atom is 0.337 e. The standard InChI is InChI=1S/C19H18N2O4/c1-24-19(23)16-8-5-15(6-9-16)7-10-18(22)21(12-3-11-20)14-17-4-2-13-25-17/h2,4-10,13H,3,12,14H2,1H3/b10-7-. The highest BCUT2D eigenvalue weighted by Crippen LogP contribution is 2.10. The quantitative estimate of drug-likeness (QED) is 0.572. The number of carbonyl (C=O) groups excluding carboxylic acids is 2. The highest BCUT2D eigenvalue weighted by Gasteiger charge is 2.12. The normalized spacial score (nSPS) is 10.4. The first-order valence-electron chi connectivity index (χ1n) is 7.68. The van der Waals surface area contributed by atoms with Crippen LogP contribution < -0.4 is 0 Å². The van der Waals surface area contributed by atoms with Crippen LogP contribution in [0.4, 0.5) is 0 Å². The second-order valence-corrected chi connectivity index (χ2v) is 5.19. The van der Waals surface area contributed by atoms with Crippen LogP contribution in [0.15, 0.2) is 53.2 Å². The molecule has 1 heterocycles. The minimum atomic E-state index is -0.410. The van der Waals surface area contributed by atoms with Gasteiger partial charge in [-0.1, -0.05) is 12.1 Å². The van der Waals surface area contributed by atoms with Gasteiger partial charge in [0, 0.05) is 12.6 Å². The van der Waals surface area contributed by atoms with Crippen molar-refractivity contribution in [1.29, 1.82) is 5.26 Å². The van der Waals surface area contributed by atoms with Crippen molar-refractivity contribution in [3.63, 3.8) is 0 Å². The number of hydrogen-bond acceptors (Lipinski definition) is 5. The summed E-state index contributed by atoms with van der Waals surface area (Å²) >= 11 is 0. The van der Waals surface area contributed by atoms with Crippen molar-refractivity contribution in [2.45, 2.75) is 13.0 Å². The number of rotatable bonds is 7. The van der Waals surface area contributed by atoms with Gasteiger partial charge < -0.3 is 14.1 Å². The van der Waals surface area contributed by atoms with Crippen LogP contribution in [0.25, 0.3) is 6.08 Å². The maximum atomic E-state index is 12.4. The minimum absolute atomic E-state index is 0.219. The van der Waals surface area contributed by atoms with Crippen LogP contribution in [0, 0.1) is 11.3 Å². The fourth-order valence-corrected chi connectivity index (χ4v) is 2.16. The van der Waals surface area contributed by atoms with Crippen LogP contribution in [0.3, 0.4) is 0 Å². The molecular formula is C19H18N2O4. The number of benzene rings is 1. The molecule has 0 fully saturated rings. The van der Waals surface area contributed by atoms with Gasteiger partial charge in [0.25, 0.3) is 0 Å². The van der Waals surface area contributed by atoms with Gasteiger partial charge in [0.15, 0.2) is 0 Å². The van der Waals surface area contributed by atoms with E-state index >= 15 is 0 Å². The third-order valence-corrected chi connectivity index (χ3v) is 3.48. The second-order valence-electron chi connectivity index (χ2n) is 5.19. The van der Waals surface area contributed by atoms with Crippen LogP contribution in [0.1, 0.15) is 28.1 Å². The molecule has 6 heteroatoms. The smallest absolute Gasteiger partial charge is 0.337 e. The van der Waals surface area contributed by atoms with Crippen molar-refractivity contribution in [2.24, 2.45) is 0 Å². The number of furan rings is 1. The molecular weight excluding hydrogens is 320 g/mol. The number of nitrogens with zero attached hydrogens (tertiary/aromatic N) is 2. The number of hydrogen-bond donors (Lipinski definition) is 0.